The molecule has 1 saturated heterocycles. The highest BCUT2D eigenvalue weighted by Gasteiger charge is 2.78. The van der Waals surface area contributed by atoms with E-state index in [1.165, 1.54) is 0 Å². The van der Waals surface area contributed by atoms with Gasteiger partial charge < -0.3 is 0 Å². The summed E-state index contributed by atoms with van der Waals surface area (Å²) in [6, 6.07) is 0. The minimum absolute atomic E-state index is 0.110. The van der Waals surface area contributed by atoms with Gasteiger partial charge in [0.1, 0.15) is 27.5 Å². The van der Waals surface area contributed by atoms with Gasteiger partial charge in [-0.1, -0.05) is 29.0 Å². The van der Waals surface area contributed by atoms with Gasteiger partial charge in [0, 0.05) is 0 Å². The number of hydrogen-bond acceptors (Lipinski definition) is 7. The molecule has 24 heavy (non-hydrogen) atoms. The minimum Gasteiger partial charge on any atom is -0.257 e. The molecule has 0 aromatic rings. The highest BCUT2D eigenvalue weighted by Crippen LogP contribution is 2.60. The Hall–Kier alpha value is -0.590. The number of nitro groups is 2. The standard InChI is InChI=1S/C14H20IN3O6/c15-12(6-2-7-12)13(8-3-9-13)24-18-14(16(19)20,17(21)22)10-11(23-18)4-1-5-11/h1-10H2. The first-order valence-corrected chi connectivity index (χ1v) is 9.52. The number of alkyl halides is 1. The van der Waals surface area contributed by atoms with Crippen molar-refractivity contribution in [2.24, 2.45) is 0 Å². The van der Waals surface area contributed by atoms with Gasteiger partial charge in [-0.05, 0) is 51.4 Å². The van der Waals surface area contributed by atoms with Crippen molar-refractivity contribution in [3.05, 3.63) is 20.2 Å². The average Bonchev–Trinajstić information content (AvgIpc) is 2.77. The molecule has 10 heteroatoms. The van der Waals surface area contributed by atoms with E-state index in [4.69, 9.17) is 9.68 Å². The quantitative estimate of drug-likeness (QED) is 0.207. The van der Waals surface area contributed by atoms with Crippen LogP contribution in [0.25, 0.3) is 0 Å². The number of rotatable bonds is 5. The molecule has 3 saturated carbocycles. The van der Waals surface area contributed by atoms with E-state index < -0.39 is 26.8 Å². The highest BCUT2D eigenvalue weighted by molar-refractivity contribution is 14.1. The highest BCUT2D eigenvalue weighted by atomic mass is 127. The van der Waals surface area contributed by atoms with E-state index in [0.29, 0.717) is 18.1 Å². The van der Waals surface area contributed by atoms with Crippen LogP contribution in [0.1, 0.15) is 64.2 Å². The molecular weight excluding hydrogens is 433 g/mol. The molecule has 0 unspecified atom stereocenters. The molecule has 4 fully saturated rings. The molecule has 134 valence electrons. The Labute approximate surface area is 152 Å². The summed E-state index contributed by atoms with van der Waals surface area (Å²) in [6.07, 6.45) is 7.31. The van der Waals surface area contributed by atoms with Gasteiger partial charge in [0.15, 0.2) is 0 Å². The fourth-order valence-electron chi connectivity index (χ4n) is 4.26. The minimum atomic E-state index is -2.54. The van der Waals surface area contributed by atoms with E-state index in [2.05, 4.69) is 22.6 Å². The fraction of sp³-hybridized carbons (Fsp3) is 1.00. The lowest BCUT2D eigenvalue weighted by Gasteiger charge is -2.57. The molecule has 1 spiro atoms. The molecule has 0 N–H and O–H groups in total. The maximum absolute atomic E-state index is 11.7. The topological polar surface area (TPSA) is 108 Å². The van der Waals surface area contributed by atoms with Gasteiger partial charge in [0.2, 0.25) is 0 Å². The van der Waals surface area contributed by atoms with Gasteiger partial charge in [-0.2, -0.15) is 0 Å². The van der Waals surface area contributed by atoms with Gasteiger partial charge >= 0.3 is 5.79 Å². The maximum atomic E-state index is 11.7. The summed E-state index contributed by atoms with van der Waals surface area (Å²) < 4.78 is -0.110. The lowest BCUT2D eigenvalue weighted by molar-refractivity contribution is -0.853. The van der Waals surface area contributed by atoms with Gasteiger partial charge in [-0.25, -0.2) is 0 Å². The molecule has 9 nitrogen and oxygen atoms in total. The van der Waals surface area contributed by atoms with Crippen LogP contribution in [-0.4, -0.2) is 35.5 Å². The van der Waals surface area contributed by atoms with Crippen LogP contribution in [0.3, 0.4) is 0 Å². The monoisotopic (exact) mass is 453 g/mol. The average molecular weight is 453 g/mol. The lowest BCUT2D eigenvalue weighted by Crippen LogP contribution is -2.66. The van der Waals surface area contributed by atoms with Crippen molar-refractivity contribution >= 4 is 22.6 Å². The van der Waals surface area contributed by atoms with Crippen molar-refractivity contribution in [2.45, 2.75) is 84.6 Å². The molecule has 0 bridgehead atoms. The van der Waals surface area contributed by atoms with Crippen molar-refractivity contribution in [1.29, 1.82) is 0 Å². The number of hydrogen-bond donors (Lipinski definition) is 0. The Balaban J connectivity index is 1.66. The van der Waals surface area contributed by atoms with Crippen molar-refractivity contribution in [3.63, 3.8) is 0 Å². The molecule has 3 aliphatic carbocycles. The molecule has 4 aliphatic rings. The zero-order valence-electron chi connectivity index (χ0n) is 13.2. The van der Waals surface area contributed by atoms with Crippen LogP contribution in [0.5, 0.6) is 0 Å². The van der Waals surface area contributed by atoms with E-state index in [1.807, 2.05) is 0 Å². The van der Waals surface area contributed by atoms with Crippen LogP contribution in [0.4, 0.5) is 0 Å². The third kappa shape index (κ3) is 2.02. The van der Waals surface area contributed by atoms with Crippen LogP contribution >= 0.6 is 22.6 Å². The summed E-state index contributed by atoms with van der Waals surface area (Å²) in [5.74, 6) is -2.54. The van der Waals surface area contributed by atoms with E-state index >= 15 is 0 Å². The van der Waals surface area contributed by atoms with Crippen molar-refractivity contribution in [1.82, 2.24) is 5.23 Å². The van der Waals surface area contributed by atoms with Crippen molar-refractivity contribution in [2.75, 3.05) is 0 Å². The van der Waals surface area contributed by atoms with Crippen LogP contribution in [0, 0.1) is 20.2 Å². The third-order valence-electron chi connectivity index (χ3n) is 6.36. The SMILES string of the molecule is O=[N+]([O-])C1([N+](=O)[O-])CC2(CCC2)ON1OC1(C2(I)CCC2)CCC1. The molecule has 1 heterocycles. The number of halogens is 1. The van der Waals surface area contributed by atoms with Crippen molar-refractivity contribution < 1.29 is 19.5 Å². The molecule has 0 aromatic carbocycles. The first-order chi connectivity index (χ1) is 11.3. The van der Waals surface area contributed by atoms with Gasteiger partial charge in [-0.3, -0.25) is 29.9 Å². The summed E-state index contributed by atoms with van der Waals surface area (Å²) in [4.78, 5) is 33.4. The first kappa shape index (κ1) is 16.9. The first-order valence-electron chi connectivity index (χ1n) is 8.44. The predicted octanol–water partition coefficient (Wildman–Crippen LogP) is 2.97. The molecule has 0 radical (unpaired) electrons. The number of hydroxylamine groups is 2. The van der Waals surface area contributed by atoms with Crippen molar-refractivity contribution in [3.8, 4) is 0 Å². The Bertz CT molecular complexity index is 573. The molecule has 1 aliphatic heterocycles. The normalized spacial score (nSPS) is 31.7. The van der Waals surface area contributed by atoms with Crippen LogP contribution in [-0.2, 0) is 9.68 Å². The second-order valence-corrected chi connectivity index (χ2v) is 9.67. The van der Waals surface area contributed by atoms with E-state index in [1.54, 1.807) is 0 Å². The van der Waals surface area contributed by atoms with E-state index in [9.17, 15) is 20.2 Å². The number of nitrogens with zero attached hydrogens (tertiary/aromatic N) is 3. The summed E-state index contributed by atoms with van der Waals surface area (Å²) in [5, 5.41) is 24.0. The Kier molecular flexibility index (Phi) is 3.66. The summed E-state index contributed by atoms with van der Waals surface area (Å²) in [7, 11) is 0. The second-order valence-electron chi connectivity index (χ2n) is 7.61. The Morgan fingerprint density at radius 1 is 0.958 bits per heavy atom. The summed E-state index contributed by atoms with van der Waals surface area (Å²) in [5.41, 5.74) is -1.40. The van der Waals surface area contributed by atoms with Crippen LogP contribution < -0.4 is 0 Å². The predicted molar refractivity (Wildman–Crippen MR) is 89.1 cm³/mol. The summed E-state index contributed by atoms with van der Waals surface area (Å²) >= 11 is 2.37. The van der Waals surface area contributed by atoms with E-state index in [-0.39, 0.29) is 9.84 Å². The van der Waals surface area contributed by atoms with Gasteiger partial charge in [-0.15, -0.1) is 0 Å². The van der Waals surface area contributed by atoms with Crippen LogP contribution in [0.2, 0.25) is 0 Å². The van der Waals surface area contributed by atoms with Gasteiger partial charge in [0.05, 0.1) is 8.65 Å². The summed E-state index contributed by atoms with van der Waals surface area (Å²) in [6.45, 7) is 0. The molecule has 0 atom stereocenters. The lowest BCUT2D eigenvalue weighted by atomic mass is 9.63. The zero-order chi connectivity index (χ0) is 17.2. The maximum Gasteiger partial charge on any atom is 0.569 e. The van der Waals surface area contributed by atoms with Gasteiger partial charge in [0.25, 0.3) is 0 Å². The third-order valence-corrected chi connectivity index (χ3v) is 8.42. The van der Waals surface area contributed by atoms with E-state index in [0.717, 1.165) is 44.9 Å². The Morgan fingerprint density at radius 2 is 1.50 bits per heavy atom. The zero-order valence-corrected chi connectivity index (χ0v) is 15.4. The molecule has 4 rings (SSSR count). The molecular formula is C14H20IN3O6. The largest absolute Gasteiger partial charge is 0.569 e. The van der Waals surface area contributed by atoms with Crippen LogP contribution in [0.15, 0.2) is 0 Å². The molecule has 0 aromatic heterocycles. The fourth-order valence-corrected chi connectivity index (χ4v) is 5.66. The Morgan fingerprint density at radius 3 is 1.83 bits per heavy atom. The smallest absolute Gasteiger partial charge is 0.257 e. The molecule has 0 amide bonds. The second kappa shape index (κ2) is 5.21.